The van der Waals surface area contributed by atoms with Crippen molar-refractivity contribution < 1.29 is 9.13 Å². The van der Waals surface area contributed by atoms with Gasteiger partial charge in [-0.15, -0.1) is 0 Å². The van der Waals surface area contributed by atoms with Crippen molar-refractivity contribution in [3.05, 3.63) is 64.1 Å². The van der Waals surface area contributed by atoms with Gasteiger partial charge in [0.2, 0.25) is 0 Å². The van der Waals surface area contributed by atoms with Gasteiger partial charge in [-0.25, -0.2) is 4.39 Å². The molecule has 22 heavy (non-hydrogen) atoms. The molecule has 4 nitrogen and oxygen atoms in total. The highest BCUT2D eigenvalue weighted by Gasteiger charge is 2.33. The van der Waals surface area contributed by atoms with Crippen LogP contribution in [0, 0.1) is 5.82 Å². The molecule has 0 aromatic heterocycles. The zero-order valence-electron chi connectivity index (χ0n) is 11.9. The van der Waals surface area contributed by atoms with Crippen LogP contribution in [0.15, 0.2) is 36.5 Å². The number of methoxy groups -OCH3 is 1. The van der Waals surface area contributed by atoms with Gasteiger partial charge >= 0.3 is 0 Å². The molecule has 1 aliphatic heterocycles. The van der Waals surface area contributed by atoms with E-state index in [1.165, 1.54) is 12.1 Å². The van der Waals surface area contributed by atoms with Gasteiger partial charge in [-0.2, -0.15) is 0 Å². The summed E-state index contributed by atoms with van der Waals surface area (Å²) in [6.07, 6.45) is 3.60. The average molecular weight is 320 g/mol. The highest BCUT2D eigenvalue weighted by Crippen LogP contribution is 2.37. The normalized spacial score (nSPS) is 19.5. The second-order valence-electron chi connectivity index (χ2n) is 5.10. The average Bonchev–Trinajstić information content (AvgIpc) is 2.50. The van der Waals surface area contributed by atoms with Crippen molar-refractivity contribution in [1.29, 1.82) is 0 Å². The van der Waals surface area contributed by atoms with E-state index in [9.17, 15) is 4.39 Å². The minimum absolute atomic E-state index is 0.0155. The first kappa shape index (κ1) is 14.7. The molecule has 2 aromatic carbocycles. The van der Waals surface area contributed by atoms with Crippen molar-refractivity contribution in [2.45, 2.75) is 5.66 Å². The third-order valence-corrected chi connectivity index (χ3v) is 4.07. The zero-order valence-corrected chi connectivity index (χ0v) is 12.6. The Morgan fingerprint density at radius 1 is 1.27 bits per heavy atom. The van der Waals surface area contributed by atoms with Crippen LogP contribution in [0.4, 0.5) is 10.1 Å². The Morgan fingerprint density at radius 3 is 2.73 bits per heavy atom. The smallest absolute Gasteiger partial charge is 0.142 e. The van der Waals surface area contributed by atoms with Crippen molar-refractivity contribution in [3.63, 3.8) is 0 Å². The summed E-state index contributed by atoms with van der Waals surface area (Å²) in [6.45, 7) is 0. The van der Waals surface area contributed by atoms with Crippen LogP contribution in [0.2, 0.25) is 5.02 Å². The van der Waals surface area contributed by atoms with Gasteiger partial charge in [0, 0.05) is 5.56 Å². The fourth-order valence-corrected chi connectivity index (χ4v) is 2.77. The number of nitrogen functional groups attached to an aromatic ring is 1. The maximum Gasteiger partial charge on any atom is 0.142 e. The van der Waals surface area contributed by atoms with E-state index in [1.807, 2.05) is 12.1 Å². The number of rotatable bonds is 2. The van der Waals surface area contributed by atoms with Crippen LogP contribution in [0.1, 0.15) is 16.7 Å². The Balaban J connectivity index is 2.19. The highest BCUT2D eigenvalue weighted by molar-refractivity contribution is 6.30. The van der Waals surface area contributed by atoms with E-state index in [4.69, 9.17) is 27.8 Å². The molecule has 1 aliphatic rings. The Kier molecular flexibility index (Phi) is 3.47. The first-order valence-electron chi connectivity index (χ1n) is 6.62. The van der Waals surface area contributed by atoms with Crippen molar-refractivity contribution in [3.8, 4) is 5.75 Å². The van der Waals surface area contributed by atoms with E-state index in [1.54, 1.807) is 25.4 Å². The molecule has 0 amide bonds. The van der Waals surface area contributed by atoms with Gasteiger partial charge in [0.15, 0.2) is 0 Å². The van der Waals surface area contributed by atoms with Crippen molar-refractivity contribution in [2.75, 3.05) is 12.8 Å². The SMILES string of the molecule is COc1cc2c(cc1N)C(N)(c1ccc(F)c(Cl)c1)NC=C2. The minimum atomic E-state index is -1.05. The van der Waals surface area contributed by atoms with Crippen molar-refractivity contribution >= 4 is 23.4 Å². The van der Waals surface area contributed by atoms with Gasteiger partial charge in [-0.05, 0) is 47.7 Å². The largest absolute Gasteiger partial charge is 0.495 e. The lowest BCUT2D eigenvalue weighted by Crippen LogP contribution is -2.50. The number of nitrogens with one attached hydrogen (secondary N) is 1. The Hall–Kier alpha value is -2.24. The lowest BCUT2D eigenvalue weighted by atomic mass is 9.86. The molecule has 0 fully saturated rings. The number of hydrogen-bond donors (Lipinski definition) is 3. The lowest BCUT2D eigenvalue weighted by Gasteiger charge is -2.35. The third kappa shape index (κ3) is 2.19. The van der Waals surface area contributed by atoms with Gasteiger partial charge < -0.3 is 21.5 Å². The lowest BCUT2D eigenvalue weighted by molar-refractivity contribution is 0.415. The molecule has 0 aliphatic carbocycles. The molecule has 1 atom stereocenters. The van der Waals surface area contributed by atoms with Crippen LogP contribution in [-0.4, -0.2) is 7.11 Å². The third-order valence-electron chi connectivity index (χ3n) is 3.78. The summed E-state index contributed by atoms with van der Waals surface area (Å²) in [7, 11) is 1.55. The van der Waals surface area contributed by atoms with Gasteiger partial charge in [0.05, 0.1) is 17.8 Å². The number of ether oxygens (including phenoxy) is 1. The molecule has 0 bridgehead atoms. The van der Waals surface area contributed by atoms with Crippen molar-refractivity contribution in [1.82, 2.24) is 5.32 Å². The predicted molar refractivity (Wildman–Crippen MR) is 86.0 cm³/mol. The molecule has 1 unspecified atom stereocenters. The predicted octanol–water partition coefficient (Wildman–Crippen LogP) is 2.80. The van der Waals surface area contributed by atoms with Gasteiger partial charge in [-0.1, -0.05) is 17.7 Å². The molecule has 1 heterocycles. The zero-order chi connectivity index (χ0) is 15.9. The number of halogens is 2. The second kappa shape index (κ2) is 5.19. The van der Waals surface area contributed by atoms with Gasteiger partial charge in [-0.3, -0.25) is 0 Å². The van der Waals surface area contributed by atoms with Crippen LogP contribution in [0.3, 0.4) is 0 Å². The summed E-state index contributed by atoms with van der Waals surface area (Å²) >= 11 is 5.88. The summed E-state index contributed by atoms with van der Waals surface area (Å²) in [5, 5.41) is 3.11. The summed E-state index contributed by atoms with van der Waals surface area (Å²) in [5.74, 6) is 0.0830. The Labute approximate surface area is 132 Å². The van der Waals surface area contributed by atoms with E-state index >= 15 is 0 Å². The first-order valence-corrected chi connectivity index (χ1v) is 7.00. The van der Waals surface area contributed by atoms with Gasteiger partial charge in [0.1, 0.15) is 17.2 Å². The standard InChI is InChI=1S/C16H15ClFN3O/c1-22-15-6-9-4-5-21-16(20,11(9)8-14(15)19)10-2-3-13(18)12(17)7-10/h2-8,21H,19-20H2,1H3. The second-order valence-corrected chi connectivity index (χ2v) is 5.50. The van der Waals surface area contributed by atoms with E-state index in [0.29, 0.717) is 17.0 Å². The maximum absolute atomic E-state index is 13.4. The number of nitrogens with two attached hydrogens (primary N) is 2. The molecule has 2 aromatic rings. The molecule has 114 valence electrons. The van der Waals surface area contributed by atoms with E-state index in [-0.39, 0.29) is 5.02 Å². The number of anilines is 1. The molecule has 0 saturated heterocycles. The summed E-state index contributed by atoms with van der Waals surface area (Å²) < 4.78 is 18.6. The van der Waals surface area contributed by atoms with E-state index in [2.05, 4.69) is 5.32 Å². The number of benzene rings is 2. The summed E-state index contributed by atoms with van der Waals surface area (Å²) in [5.41, 5.74) is 14.2. The Morgan fingerprint density at radius 2 is 2.05 bits per heavy atom. The monoisotopic (exact) mass is 319 g/mol. The quantitative estimate of drug-likeness (QED) is 0.744. The summed E-state index contributed by atoms with van der Waals surface area (Å²) in [4.78, 5) is 0. The fraction of sp³-hybridized carbons (Fsp3) is 0.125. The van der Waals surface area contributed by atoms with Gasteiger partial charge in [0.25, 0.3) is 0 Å². The van der Waals surface area contributed by atoms with Crippen LogP contribution in [0.25, 0.3) is 6.08 Å². The molecule has 0 radical (unpaired) electrons. The molecule has 6 heteroatoms. The molecule has 5 N–H and O–H groups in total. The molecule has 0 saturated carbocycles. The van der Waals surface area contributed by atoms with Crippen LogP contribution in [-0.2, 0) is 5.66 Å². The van der Waals surface area contributed by atoms with Crippen LogP contribution in [0.5, 0.6) is 5.75 Å². The van der Waals surface area contributed by atoms with E-state index in [0.717, 1.165) is 11.1 Å². The first-order chi connectivity index (χ1) is 10.5. The number of hydrogen-bond acceptors (Lipinski definition) is 4. The molecular weight excluding hydrogens is 305 g/mol. The fourth-order valence-electron chi connectivity index (χ4n) is 2.59. The topological polar surface area (TPSA) is 73.3 Å². The molecular formula is C16H15ClFN3O. The highest BCUT2D eigenvalue weighted by atomic mass is 35.5. The minimum Gasteiger partial charge on any atom is -0.495 e. The molecule has 0 spiro atoms. The van der Waals surface area contributed by atoms with Crippen LogP contribution < -0.4 is 21.5 Å². The molecule has 3 rings (SSSR count). The van der Waals surface area contributed by atoms with E-state index < -0.39 is 11.5 Å². The van der Waals surface area contributed by atoms with Crippen LogP contribution >= 0.6 is 11.6 Å². The van der Waals surface area contributed by atoms with Crippen molar-refractivity contribution in [2.24, 2.45) is 5.73 Å². The summed E-state index contributed by atoms with van der Waals surface area (Å²) in [6, 6.07) is 7.96. The Bertz CT molecular complexity index is 778. The maximum atomic E-state index is 13.4. The number of fused-ring (bicyclic) bond motifs is 1.